The van der Waals surface area contributed by atoms with Crippen LogP contribution in [0.25, 0.3) is 11.1 Å². The lowest BCUT2D eigenvalue weighted by molar-refractivity contribution is -0.118. The summed E-state index contributed by atoms with van der Waals surface area (Å²) in [6, 6.07) is 5.88. The normalized spacial score (nSPS) is 14.1. The summed E-state index contributed by atoms with van der Waals surface area (Å²) in [4.78, 5) is 23.4. The Morgan fingerprint density at radius 1 is 1.10 bits per heavy atom. The van der Waals surface area contributed by atoms with Crippen LogP contribution in [0.5, 0.6) is 0 Å². The van der Waals surface area contributed by atoms with E-state index in [0.29, 0.717) is 24.1 Å². The Kier molecular flexibility index (Phi) is 3.16. The molecule has 0 aliphatic heterocycles. The molecule has 0 spiro atoms. The van der Waals surface area contributed by atoms with E-state index in [4.69, 9.17) is 5.73 Å². The predicted octanol–water partition coefficient (Wildman–Crippen LogP) is 2.00. The molecule has 0 fully saturated rings. The number of aromatic nitrogens is 1. The number of carbonyl (C=O) groups excluding carboxylic acids is 1. The van der Waals surface area contributed by atoms with Crippen molar-refractivity contribution in [3.63, 3.8) is 0 Å². The zero-order valence-electron chi connectivity index (χ0n) is 12.3. The second-order valence-corrected chi connectivity index (χ2v) is 5.75. The quantitative estimate of drug-likeness (QED) is 0.814. The fourth-order valence-electron chi connectivity index (χ4n) is 2.96. The summed E-state index contributed by atoms with van der Waals surface area (Å²) >= 11 is 0. The van der Waals surface area contributed by atoms with Gasteiger partial charge in [-0.25, -0.2) is 0 Å². The van der Waals surface area contributed by atoms with Gasteiger partial charge in [0.15, 0.2) is 0 Å². The summed E-state index contributed by atoms with van der Waals surface area (Å²) in [5.74, 6) is 0.250. The van der Waals surface area contributed by atoms with Gasteiger partial charge in [-0.05, 0) is 47.7 Å². The van der Waals surface area contributed by atoms with Crippen molar-refractivity contribution in [2.24, 2.45) is 7.05 Å². The van der Waals surface area contributed by atoms with E-state index < -0.39 is 0 Å². The first-order chi connectivity index (χ1) is 9.95. The number of benzene rings is 1. The van der Waals surface area contributed by atoms with E-state index in [-0.39, 0.29) is 11.3 Å². The molecular weight excluding hydrogens is 264 g/mol. The molecule has 1 aliphatic carbocycles. The van der Waals surface area contributed by atoms with Crippen LogP contribution in [0.3, 0.4) is 0 Å². The van der Waals surface area contributed by atoms with E-state index in [9.17, 15) is 9.59 Å². The summed E-state index contributed by atoms with van der Waals surface area (Å²) in [7, 11) is 1.75. The molecule has 0 unspecified atom stereocenters. The van der Waals surface area contributed by atoms with Gasteiger partial charge in [0.1, 0.15) is 5.78 Å². The molecule has 1 aromatic carbocycles. The molecule has 2 N–H and O–H groups in total. The molecule has 0 saturated heterocycles. The minimum Gasteiger partial charge on any atom is -0.398 e. The van der Waals surface area contributed by atoms with Gasteiger partial charge in [0.2, 0.25) is 0 Å². The lowest BCUT2D eigenvalue weighted by Crippen LogP contribution is -2.18. The maximum absolute atomic E-state index is 11.8. The van der Waals surface area contributed by atoms with Crippen molar-refractivity contribution in [1.29, 1.82) is 0 Å². The van der Waals surface area contributed by atoms with Gasteiger partial charge in [-0.15, -0.1) is 0 Å². The SMILES string of the molecule is Cc1cc(-c2cc(N)c3c(c2)CCC(=O)C3)cn(C)c1=O. The van der Waals surface area contributed by atoms with Gasteiger partial charge in [0.05, 0.1) is 0 Å². The Morgan fingerprint density at radius 3 is 2.57 bits per heavy atom. The van der Waals surface area contributed by atoms with Crippen LogP contribution in [-0.4, -0.2) is 10.4 Å². The van der Waals surface area contributed by atoms with Crippen molar-refractivity contribution in [2.75, 3.05) is 5.73 Å². The molecule has 0 amide bonds. The number of anilines is 1. The van der Waals surface area contributed by atoms with Crippen LogP contribution in [-0.2, 0) is 24.7 Å². The number of hydrogen-bond donors (Lipinski definition) is 1. The second-order valence-electron chi connectivity index (χ2n) is 5.75. The molecule has 3 rings (SSSR count). The molecule has 1 aliphatic rings. The lowest BCUT2D eigenvalue weighted by Gasteiger charge is -2.19. The van der Waals surface area contributed by atoms with Crippen LogP contribution in [0, 0.1) is 6.92 Å². The Hall–Kier alpha value is -2.36. The minimum atomic E-state index is 0.00952. The van der Waals surface area contributed by atoms with E-state index in [2.05, 4.69) is 6.07 Å². The molecule has 1 aromatic heterocycles. The zero-order chi connectivity index (χ0) is 15.1. The second kappa shape index (κ2) is 4.88. The number of rotatable bonds is 1. The molecule has 0 bridgehead atoms. The third kappa shape index (κ3) is 2.37. The van der Waals surface area contributed by atoms with Gasteiger partial charge in [-0.3, -0.25) is 9.59 Å². The van der Waals surface area contributed by atoms with Crippen molar-refractivity contribution < 1.29 is 4.79 Å². The number of Topliss-reactive ketones (excluding diaryl/α,β-unsaturated/α-hetero) is 1. The fourth-order valence-corrected chi connectivity index (χ4v) is 2.96. The highest BCUT2D eigenvalue weighted by atomic mass is 16.1. The average Bonchev–Trinajstić information content (AvgIpc) is 2.44. The highest BCUT2D eigenvalue weighted by Gasteiger charge is 2.19. The van der Waals surface area contributed by atoms with Crippen LogP contribution in [0.1, 0.15) is 23.1 Å². The Balaban J connectivity index is 2.14. The molecule has 0 radical (unpaired) electrons. The number of fused-ring (bicyclic) bond motifs is 1. The standard InChI is InChI=1S/C17H18N2O2/c1-10-5-13(9-19(2)17(10)21)12-6-11-3-4-14(20)8-15(11)16(18)7-12/h5-7,9H,3-4,8,18H2,1-2H3. The lowest BCUT2D eigenvalue weighted by atomic mass is 9.87. The molecule has 4 nitrogen and oxygen atoms in total. The highest BCUT2D eigenvalue weighted by molar-refractivity contribution is 5.86. The van der Waals surface area contributed by atoms with Crippen LogP contribution in [0.2, 0.25) is 0 Å². The number of hydrogen-bond acceptors (Lipinski definition) is 3. The van der Waals surface area contributed by atoms with E-state index in [1.165, 1.54) is 0 Å². The first kappa shape index (κ1) is 13.6. The van der Waals surface area contributed by atoms with Crippen LogP contribution >= 0.6 is 0 Å². The van der Waals surface area contributed by atoms with Crippen LogP contribution < -0.4 is 11.3 Å². The molecule has 4 heteroatoms. The number of nitrogens with two attached hydrogens (primary N) is 1. The molecule has 108 valence electrons. The molecule has 0 atom stereocenters. The summed E-state index contributed by atoms with van der Waals surface area (Å²) in [6.45, 7) is 1.81. The minimum absolute atomic E-state index is 0.00952. The number of carbonyl (C=O) groups is 1. The van der Waals surface area contributed by atoms with Crippen molar-refractivity contribution in [2.45, 2.75) is 26.2 Å². The van der Waals surface area contributed by atoms with Crippen LogP contribution in [0.4, 0.5) is 5.69 Å². The Bertz CT molecular complexity index is 777. The predicted molar refractivity (Wildman–Crippen MR) is 83.3 cm³/mol. The molecule has 2 aromatic rings. The maximum Gasteiger partial charge on any atom is 0.253 e. The van der Waals surface area contributed by atoms with E-state index in [1.54, 1.807) is 11.6 Å². The molecule has 21 heavy (non-hydrogen) atoms. The number of ketones is 1. The fraction of sp³-hybridized carbons (Fsp3) is 0.294. The first-order valence-corrected chi connectivity index (χ1v) is 7.06. The Labute approximate surface area is 123 Å². The number of nitrogens with zero attached hydrogens (tertiary/aromatic N) is 1. The summed E-state index contributed by atoms with van der Waals surface area (Å²) in [5.41, 5.74) is 11.6. The molecular formula is C17H18N2O2. The van der Waals surface area contributed by atoms with Gasteiger partial charge in [-0.1, -0.05) is 6.07 Å². The number of pyridine rings is 1. The maximum atomic E-state index is 11.8. The van der Waals surface area contributed by atoms with Gasteiger partial charge >= 0.3 is 0 Å². The van der Waals surface area contributed by atoms with Crippen molar-refractivity contribution in [3.05, 3.63) is 51.4 Å². The van der Waals surface area contributed by atoms with Gasteiger partial charge in [-0.2, -0.15) is 0 Å². The van der Waals surface area contributed by atoms with Crippen LogP contribution in [0.15, 0.2) is 29.2 Å². The largest absolute Gasteiger partial charge is 0.398 e. The van der Waals surface area contributed by atoms with E-state index >= 15 is 0 Å². The van der Waals surface area contributed by atoms with E-state index in [0.717, 1.165) is 28.7 Å². The van der Waals surface area contributed by atoms with Crippen molar-refractivity contribution >= 4 is 11.5 Å². The summed E-state index contributed by atoms with van der Waals surface area (Å²) in [6.07, 6.45) is 3.59. The Morgan fingerprint density at radius 2 is 1.86 bits per heavy atom. The number of aryl methyl sites for hydroxylation is 3. The molecule has 0 saturated carbocycles. The first-order valence-electron chi connectivity index (χ1n) is 7.06. The van der Waals surface area contributed by atoms with E-state index in [1.807, 2.05) is 25.3 Å². The molecule has 1 heterocycles. The van der Waals surface area contributed by atoms with Crippen molar-refractivity contribution in [1.82, 2.24) is 4.57 Å². The highest BCUT2D eigenvalue weighted by Crippen LogP contribution is 2.31. The topological polar surface area (TPSA) is 65.1 Å². The smallest absolute Gasteiger partial charge is 0.253 e. The zero-order valence-corrected chi connectivity index (χ0v) is 12.3. The third-order valence-corrected chi connectivity index (χ3v) is 4.12. The number of nitrogen functional groups attached to an aromatic ring is 1. The third-order valence-electron chi connectivity index (χ3n) is 4.12. The summed E-state index contributed by atoms with van der Waals surface area (Å²) in [5, 5.41) is 0. The van der Waals surface area contributed by atoms with Gasteiger partial charge in [0, 0.05) is 37.3 Å². The van der Waals surface area contributed by atoms with Gasteiger partial charge < -0.3 is 10.3 Å². The monoisotopic (exact) mass is 282 g/mol. The summed E-state index contributed by atoms with van der Waals surface area (Å²) < 4.78 is 1.59. The average molecular weight is 282 g/mol. The van der Waals surface area contributed by atoms with Gasteiger partial charge in [0.25, 0.3) is 5.56 Å². The van der Waals surface area contributed by atoms with Crippen molar-refractivity contribution in [3.8, 4) is 11.1 Å².